The van der Waals surface area contributed by atoms with Crippen LogP contribution >= 0.6 is 0 Å². The van der Waals surface area contributed by atoms with E-state index in [1.165, 1.54) is 180 Å². The van der Waals surface area contributed by atoms with Gasteiger partial charge in [0.05, 0.1) is 19.8 Å². The van der Waals surface area contributed by atoms with Crippen molar-refractivity contribution in [1.29, 1.82) is 0 Å². The van der Waals surface area contributed by atoms with E-state index in [0.717, 1.165) is 25.7 Å². The Balaban J connectivity index is 1.52. The molecule has 0 aromatic heterocycles. The van der Waals surface area contributed by atoms with Crippen molar-refractivity contribution in [3.63, 3.8) is 0 Å². The summed E-state index contributed by atoms with van der Waals surface area (Å²) >= 11 is 0. The molecule has 0 radical (unpaired) electrons. The molecule has 2 fully saturated rings. The molecular weight excluding hydrogens is 630 g/mol. The average molecular weight is 712 g/mol. The minimum absolute atomic E-state index is 0.114. The molecule has 0 aromatic rings. The van der Waals surface area contributed by atoms with E-state index >= 15 is 0 Å². The second kappa shape index (κ2) is 31.6. The molecule has 0 aromatic carbocycles. The fourth-order valence-corrected chi connectivity index (χ4v) is 7.73. The Morgan fingerprint density at radius 2 is 0.840 bits per heavy atom. The maximum atomic E-state index is 11.0. The zero-order valence-corrected chi connectivity index (χ0v) is 33.0. The minimum atomic E-state index is -1.01. The Morgan fingerprint density at radius 3 is 1.16 bits per heavy atom. The average Bonchev–Trinajstić information content (AvgIpc) is 3.68. The quantitative estimate of drug-likeness (QED) is 0.0272. The normalized spacial score (nSPS) is 19.7. The van der Waals surface area contributed by atoms with Gasteiger partial charge in [-0.3, -0.25) is 0 Å². The summed E-state index contributed by atoms with van der Waals surface area (Å²) in [6, 6.07) is 0. The van der Waals surface area contributed by atoms with Gasteiger partial charge in [0.1, 0.15) is 18.8 Å². The van der Waals surface area contributed by atoms with Gasteiger partial charge in [-0.15, -0.1) is 10.1 Å². The van der Waals surface area contributed by atoms with E-state index in [1.807, 2.05) is 0 Å². The van der Waals surface area contributed by atoms with E-state index < -0.39 is 29.2 Å². The maximum absolute atomic E-state index is 11.0. The molecule has 0 aliphatic carbocycles. The van der Waals surface area contributed by atoms with Gasteiger partial charge in [0.25, 0.3) is 5.09 Å². The summed E-state index contributed by atoms with van der Waals surface area (Å²) < 4.78 is 24.8. The van der Waals surface area contributed by atoms with E-state index in [4.69, 9.17) is 23.8 Å². The lowest BCUT2D eigenvalue weighted by atomic mass is 10.0. The van der Waals surface area contributed by atoms with Crippen molar-refractivity contribution in [3.05, 3.63) is 10.1 Å². The first-order valence-corrected chi connectivity index (χ1v) is 21.9. The predicted molar refractivity (Wildman–Crippen MR) is 205 cm³/mol. The number of ether oxygens (including phenoxy) is 4. The number of fused-ring (bicyclic) bond motifs is 1. The summed E-state index contributed by atoms with van der Waals surface area (Å²) in [5.41, 5.74) is 0. The number of hydrogen-bond acceptors (Lipinski definition) is 7. The van der Waals surface area contributed by atoms with Gasteiger partial charge in [-0.05, 0) is 12.8 Å². The first-order valence-electron chi connectivity index (χ1n) is 21.9. The van der Waals surface area contributed by atoms with Gasteiger partial charge in [-0.2, -0.15) is 0 Å². The summed E-state index contributed by atoms with van der Waals surface area (Å²) in [5.74, 6) is -1.01. The van der Waals surface area contributed by atoms with Crippen molar-refractivity contribution in [3.8, 4) is 0 Å². The topological polar surface area (TPSA) is 89.3 Å². The number of nitrogens with zero attached hydrogens (tertiary/aromatic N) is 1. The minimum Gasteiger partial charge on any atom is -0.367 e. The van der Waals surface area contributed by atoms with Crippen molar-refractivity contribution < 1.29 is 28.9 Å². The maximum Gasteiger partial charge on any atom is 0.294 e. The van der Waals surface area contributed by atoms with Gasteiger partial charge in [0, 0.05) is 0 Å². The van der Waals surface area contributed by atoms with Gasteiger partial charge in [0.2, 0.25) is 5.79 Å². The second-order valence-corrected chi connectivity index (χ2v) is 15.5. The molecule has 0 spiro atoms. The van der Waals surface area contributed by atoms with Crippen LogP contribution in [0.15, 0.2) is 0 Å². The summed E-state index contributed by atoms with van der Waals surface area (Å²) in [7, 11) is 0. The summed E-state index contributed by atoms with van der Waals surface area (Å²) in [5, 5.41) is 10.3. The Kier molecular flexibility index (Phi) is 28.5. The molecule has 296 valence electrons. The number of hydrogen-bond donors (Lipinski definition) is 0. The zero-order chi connectivity index (χ0) is 35.8. The highest BCUT2D eigenvalue weighted by Crippen LogP contribution is 2.39. The monoisotopic (exact) mass is 712 g/mol. The van der Waals surface area contributed by atoms with Crippen molar-refractivity contribution in [2.24, 2.45) is 0 Å². The van der Waals surface area contributed by atoms with Crippen LogP contribution in [-0.2, 0) is 23.8 Å². The van der Waals surface area contributed by atoms with Crippen LogP contribution in [0, 0.1) is 10.1 Å². The first-order chi connectivity index (χ1) is 24.6. The van der Waals surface area contributed by atoms with Gasteiger partial charge in [0.15, 0.2) is 6.10 Å². The van der Waals surface area contributed by atoms with Crippen LogP contribution in [0.1, 0.15) is 219 Å². The molecule has 50 heavy (non-hydrogen) atoms. The molecular formula is C42H81NO7. The van der Waals surface area contributed by atoms with Gasteiger partial charge < -0.3 is 23.8 Å². The molecule has 2 saturated heterocycles. The van der Waals surface area contributed by atoms with Crippen LogP contribution in [0.4, 0.5) is 0 Å². The standard InChI is InChI=1S/C42H81NO7/c1-3-5-7-9-11-13-15-17-19-21-23-25-27-29-31-33-35-48-42(38-47-40-39(50-43(44)45)37-46-41(40)42)49-36-34-32-30-28-26-24-22-20-18-16-14-12-10-8-6-4-2/h39-41H,3-38H2,1-2H3. The van der Waals surface area contributed by atoms with Gasteiger partial charge in [-0.25, -0.2) is 0 Å². The molecule has 0 N–H and O–H groups in total. The van der Waals surface area contributed by atoms with Crippen LogP contribution in [0.2, 0.25) is 0 Å². The summed E-state index contributed by atoms with van der Waals surface area (Å²) in [4.78, 5) is 15.9. The van der Waals surface area contributed by atoms with Crippen molar-refractivity contribution in [1.82, 2.24) is 0 Å². The zero-order valence-electron chi connectivity index (χ0n) is 33.0. The van der Waals surface area contributed by atoms with Crippen LogP contribution in [-0.4, -0.2) is 55.6 Å². The lowest BCUT2D eigenvalue weighted by Gasteiger charge is -2.32. The van der Waals surface area contributed by atoms with Gasteiger partial charge >= 0.3 is 0 Å². The summed E-state index contributed by atoms with van der Waals surface area (Å²) in [6.45, 7) is 6.05. The number of rotatable bonds is 38. The van der Waals surface area contributed by atoms with Gasteiger partial charge in [-0.1, -0.05) is 206 Å². The fraction of sp³-hybridized carbons (Fsp3) is 1.00. The van der Waals surface area contributed by atoms with Crippen LogP contribution in [0.5, 0.6) is 0 Å². The third-order valence-electron chi connectivity index (χ3n) is 10.9. The lowest BCUT2D eigenvalue weighted by Crippen LogP contribution is -2.49. The van der Waals surface area contributed by atoms with E-state index in [2.05, 4.69) is 13.8 Å². The van der Waals surface area contributed by atoms with Crippen molar-refractivity contribution in [2.45, 2.75) is 243 Å². The Bertz CT molecular complexity index is 730. The first kappa shape index (κ1) is 45.2. The van der Waals surface area contributed by atoms with E-state index in [9.17, 15) is 10.1 Å². The summed E-state index contributed by atoms with van der Waals surface area (Å²) in [6.07, 6.45) is 40.8. The fourth-order valence-electron chi connectivity index (χ4n) is 7.73. The highest BCUT2D eigenvalue weighted by atomic mass is 17.0. The molecule has 8 nitrogen and oxygen atoms in total. The van der Waals surface area contributed by atoms with E-state index in [-0.39, 0.29) is 13.2 Å². The molecule has 3 unspecified atom stereocenters. The van der Waals surface area contributed by atoms with Crippen LogP contribution < -0.4 is 0 Å². The number of unbranched alkanes of at least 4 members (excludes halogenated alkanes) is 30. The van der Waals surface area contributed by atoms with Crippen LogP contribution in [0.3, 0.4) is 0 Å². The molecule has 0 bridgehead atoms. The smallest absolute Gasteiger partial charge is 0.294 e. The van der Waals surface area contributed by atoms with Crippen molar-refractivity contribution >= 4 is 0 Å². The Morgan fingerprint density at radius 1 is 0.520 bits per heavy atom. The Hall–Kier alpha value is -0.960. The third kappa shape index (κ3) is 21.5. The van der Waals surface area contributed by atoms with Crippen molar-refractivity contribution in [2.75, 3.05) is 26.4 Å². The molecule has 8 heteroatoms. The molecule has 2 rings (SSSR count). The predicted octanol–water partition coefficient (Wildman–Crippen LogP) is 12.6. The van der Waals surface area contributed by atoms with E-state index in [0.29, 0.717) is 13.2 Å². The Labute approximate surface area is 308 Å². The SMILES string of the molecule is CCCCCCCCCCCCCCCCCCOC1(OCCCCCCCCCCCCCCCCCC)COC2C(O[N+](=O)[O-])COC21. The van der Waals surface area contributed by atoms with E-state index in [1.54, 1.807) is 0 Å². The molecule has 2 aliphatic heterocycles. The largest absolute Gasteiger partial charge is 0.367 e. The van der Waals surface area contributed by atoms with Crippen LogP contribution in [0.25, 0.3) is 0 Å². The second-order valence-electron chi connectivity index (χ2n) is 15.5. The molecule has 2 heterocycles. The molecule has 0 saturated carbocycles. The molecule has 3 atom stereocenters. The molecule has 2 aliphatic rings. The highest BCUT2D eigenvalue weighted by molar-refractivity contribution is 5.01. The highest BCUT2D eigenvalue weighted by Gasteiger charge is 2.60. The molecule has 0 amide bonds. The third-order valence-corrected chi connectivity index (χ3v) is 10.9. The lowest BCUT2D eigenvalue weighted by molar-refractivity contribution is -0.769.